The molecule has 1 unspecified atom stereocenters. The minimum Gasteiger partial charge on any atom is -0.394 e. The molecule has 1 aliphatic heterocycles. The molecule has 2 fully saturated rings. The Labute approximate surface area is 112 Å². The number of benzene rings is 1. The van der Waals surface area contributed by atoms with Crippen molar-refractivity contribution in [2.75, 3.05) is 6.61 Å². The Morgan fingerprint density at radius 3 is 2.37 bits per heavy atom. The second kappa shape index (κ2) is 3.90. The molecule has 1 saturated heterocycles. The summed E-state index contributed by atoms with van der Waals surface area (Å²) < 4.78 is 0. The molecule has 2 aliphatic rings. The predicted molar refractivity (Wildman–Crippen MR) is 69.3 cm³/mol. The molecule has 100 valence electrons. The van der Waals surface area contributed by atoms with Crippen LogP contribution < -0.4 is 0 Å². The third kappa shape index (κ3) is 1.63. The van der Waals surface area contributed by atoms with Crippen molar-refractivity contribution in [1.29, 1.82) is 0 Å². The maximum atomic E-state index is 12.7. The van der Waals surface area contributed by atoms with E-state index in [9.17, 15) is 14.7 Å². The summed E-state index contributed by atoms with van der Waals surface area (Å²) in [6.07, 6.45) is 1.62. The van der Waals surface area contributed by atoms with Gasteiger partial charge < -0.3 is 5.11 Å². The van der Waals surface area contributed by atoms with Crippen LogP contribution in [0.1, 0.15) is 31.7 Å². The van der Waals surface area contributed by atoms with E-state index in [1.807, 2.05) is 37.3 Å². The first kappa shape index (κ1) is 12.4. The molecule has 1 saturated carbocycles. The number of aliphatic hydroxyl groups excluding tert-OH is 1. The lowest BCUT2D eigenvalue weighted by atomic mass is 9.81. The maximum absolute atomic E-state index is 12.7. The summed E-state index contributed by atoms with van der Waals surface area (Å²) in [5, 5.41) is 9.45. The van der Waals surface area contributed by atoms with Gasteiger partial charge in [0, 0.05) is 6.42 Å². The Kier molecular flexibility index (Phi) is 2.54. The zero-order chi connectivity index (χ0) is 13.7. The lowest BCUT2D eigenvalue weighted by molar-refractivity contribution is -0.144. The van der Waals surface area contributed by atoms with Gasteiger partial charge in [-0.15, -0.1) is 0 Å². The summed E-state index contributed by atoms with van der Waals surface area (Å²) in [5.74, 6) is -0.335. The number of amides is 2. The van der Waals surface area contributed by atoms with E-state index in [-0.39, 0.29) is 24.8 Å². The third-order valence-corrected chi connectivity index (χ3v) is 4.44. The average molecular weight is 259 g/mol. The standard InChI is InChI=1S/C15H17NO3/c1-14(11-5-3-2-4-6-11)9-12(18)16(13(14)19)15(10-17)7-8-15/h2-6,17H,7-10H2,1H3. The lowest BCUT2D eigenvalue weighted by Gasteiger charge is -2.27. The zero-order valence-corrected chi connectivity index (χ0v) is 10.9. The fraction of sp³-hybridized carbons (Fsp3) is 0.467. The van der Waals surface area contributed by atoms with Crippen molar-refractivity contribution in [3.8, 4) is 0 Å². The van der Waals surface area contributed by atoms with Crippen LogP contribution in [0.2, 0.25) is 0 Å². The molecule has 1 atom stereocenters. The number of hydrogen-bond acceptors (Lipinski definition) is 3. The molecule has 4 nitrogen and oxygen atoms in total. The Bertz CT molecular complexity index is 536. The molecular weight excluding hydrogens is 242 g/mol. The van der Waals surface area contributed by atoms with E-state index in [0.29, 0.717) is 12.8 Å². The van der Waals surface area contributed by atoms with E-state index < -0.39 is 11.0 Å². The van der Waals surface area contributed by atoms with Crippen molar-refractivity contribution in [2.24, 2.45) is 0 Å². The monoisotopic (exact) mass is 259 g/mol. The molecule has 4 heteroatoms. The van der Waals surface area contributed by atoms with Gasteiger partial charge in [-0.25, -0.2) is 0 Å². The highest BCUT2D eigenvalue weighted by atomic mass is 16.3. The van der Waals surface area contributed by atoms with Gasteiger partial charge in [0.2, 0.25) is 11.8 Å². The maximum Gasteiger partial charge on any atom is 0.240 e. The second-order valence-corrected chi connectivity index (χ2v) is 5.79. The van der Waals surface area contributed by atoms with Gasteiger partial charge >= 0.3 is 0 Å². The highest BCUT2D eigenvalue weighted by Crippen LogP contribution is 2.48. The van der Waals surface area contributed by atoms with Crippen molar-refractivity contribution in [3.05, 3.63) is 35.9 Å². The fourth-order valence-electron chi connectivity index (χ4n) is 2.93. The Morgan fingerprint density at radius 2 is 1.84 bits per heavy atom. The minimum atomic E-state index is -0.789. The first-order chi connectivity index (χ1) is 9.03. The highest BCUT2D eigenvalue weighted by Gasteiger charge is 2.60. The van der Waals surface area contributed by atoms with Crippen LogP contribution in [-0.2, 0) is 15.0 Å². The molecule has 1 aliphatic carbocycles. The number of carbonyl (C=O) groups is 2. The number of likely N-dealkylation sites (tertiary alicyclic amines) is 1. The van der Waals surface area contributed by atoms with Crippen molar-refractivity contribution >= 4 is 11.8 Å². The van der Waals surface area contributed by atoms with E-state index in [2.05, 4.69) is 0 Å². The first-order valence-electron chi connectivity index (χ1n) is 6.57. The number of imide groups is 1. The van der Waals surface area contributed by atoms with Crippen LogP contribution in [0, 0.1) is 0 Å². The van der Waals surface area contributed by atoms with Crippen LogP contribution >= 0.6 is 0 Å². The smallest absolute Gasteiger partial charge is 0.240 e. The van der Waals surface area contributed by atoms with E-state index in [1.165, 1.54) is 4.90 Å². The summed E-state index contributed by atoms with van der Waals surface area (Å²) in [5.41, 5.74) is -0.534. The van der Waals surface area contributed by atoms with E-state index >= 15 is 0 Å². The van der Waals surface area contributed by atoms with E-state index in [0.717, 1.165) is 5.56 Å². The molecule has 1 heterocycles. The number of hydrogen-bond donors (Lipinski definition) is 1. The van der Waals surface area contributed by atoms with Crippen molar-refractivity contribution in [3.63, 3.8) is 0 Å². The summed E-state index contributed by atoms with van der Waals surface area (Å²) in [6.45, 7) is 1.69. The molecule has 0 aromatic heterocycles. The van der Waals surface area contributed by atoms with Gasteiger partial charge in [0.1, 0.15) is 0 Å². The Balaban J connectivity index is 1.99. The average Bonchev–Trinajstić information content (AvgIpc) is 3.16. The van der Waals surface area contributed by atoms with Crippen LogP contribution in [0.3, 0.4) is 0 Å². The lowest BCUT2D eigenvalue weighted by Crippen LogP contribution is -2.46. The van der Waals surface area contributed by atoms with Crippen LogP contribution in [0.5, 0.6) is 0 Å². The summed E-state index contributed by atoms with van der Waals surface area (Å²) in [6, 6.07) is 9.41. The van der Waals surface area contributed by atoms with Gasteiger partial charge in [0.05, 0.1) is 17.6 Å². The summed E-state index contributed by atoms with van der Waals surface area (Å²) in [7, 11) is 0. The van der Waals surface area contributed by atoms with Crippen molar-refractivity contribution < 1.29 is 14.7 Å². The summed E-state index contributed by atoms with van der Waals surface area (Å²) >= 11 is 0. The van der Waals surface area contributed by atoms with Crippen LogP contribution in [0.4, 0.5) is 0 Å². The number of aliphatic hydroxyl groups is 1. The molecular formula is C15H17NO3. The van der Waals surface area contributed by atoms with Crippen molar-refractivity contribution in [1.82, 2.24) is 4.90 Å². The third-order valence-electron chi connectivity index (χ3n) is 4.44. The van der Waals surface area contributed by atoms with Crippen molar-refractivity contribution in [2.45, 2.75) is 37.1 Å². The van der Waals surface area contributed by atoms with E-state index in [1.54, 1.807) is 0 Å². The molecule has 0 radical (unpaired) electrons. The quantitative estimate of drug-likeness (QED) is 0.831. The van der Waals surface area contributed by atoms with Gasteiger partial charge in [-0.3, -0.25) is 14.5 Å². The molecule has 3 rings (SSSR count). The zero-order valence-electron chi connectivity index (χ0n) is 10.9. The molecule has 0 spiro atoms. The number of carbonyl (C=O) groups excluding carboxylic acids is 2. The molecule has 19 heavy (non-hydrogen) atoms. The van der Waals surface area contributed by atoms with Gasteiger partial charge in [-0.2, -0.15) is 0 Å². The van der Waals surface area contributed by atoms with Crippen LogP contribution in [0.25, 0.3) is 0 Å². The fourth-order valence-corrected chi connectivity index (χ4v) is 2.93. The second-order valence-electron chi connectivity index (χ2n) is 5.79. The number of nitrogens with zero attached hydrogens (tertiary/aromatic N) is 1. The molecule has 1 N–H and O–H groups in total. The molecule has 1 aromatic carbocycles. The first-order valence-corrected chi connectivity index (χ1v) is 6.57. The van der Waals surface area contributed by atoms with Gasteiger partial charge in [0.25, 0.3) is 0 Å². The SMILES string of the molecule is CC1(c2ccccc2)CC(=O)N(C2(CO)CC2)C1=O. The Hall–Kier alpha value is -1.68. The molecule has 1 aromatic rings. The molecule has 0 bridgehead atoms. The van der Waals surface area contributed by atoms with E-state index in [4.69, 9.17) is 0 Å². The predicted octanol–water partition coefficient (Wildman–Crippen LogP) is 1.23. The minimum absolute atomic E-state index is 0.130. The highest BCUT2D eigenvalue weighted by molar-refractivity contribution is 6.09. The van der Waals surface area contributed by atoms with Crippen LogP contribution in [0.15, 0.2) is 30.3 Å². The largest absolute Gasteiger partial charge is 0.394 e. The summed E-state index contributed by atoms with van der Waals surface area (Å²) in [4.78, 5) is 26.2. The topological polar surface area (TPSA) is 57.6 Å². The van der Waals surface area contributed by atoms with Gasteiger partial charge in [0.15, 0.2) is 0 Å². The number of rotatable bonds is 3. The van der Waals surface area contributed by atoms with Gasteiger partial charge in [-0.1, -0.05) is 30.3 Å². The van der Waals surface area contributed by atoms with Gasteiger partial charge in [-0.05, 0) is 25.3 Å². The Morgan fingerprint density at radius 1 is 1.21 bits per heavy atom. The van der Waals surface area contributed by atoms with Crippen LogP contribution in [-0.4, -0.2) is 34.0 Å². The molecule has 2 amide bonds. The normalized spacial score (nSPS) is 28.8.